The summed E-state index contributed by atoms with van der Waals surface area (Å²) in [4.78, 5) is 4.52. The van der Waals surface area contributed by atoms with Gasteiger partial charge in [-0.1, -0.05) is 24.3 Å². The Balaban J connectivity index is 1.97. The number of rotatable bonds is 4. The van der Waals surface area contributed by atoms with Gasteiger partial charge in [0.2, 0.25) is 0 Å². The lowest BCUT2D eigenvalue weighted by Gasteiger charge is -2.35. The van der Waals surface area contributed by atoms with Gasteiger partial charge in [-0.3, -0.25) is 4.90 Å². The molecule has 1 heterocycles. The van der Waals surface area contributed by atoms with Crippen molar-refractivity contribution in [3.63, 3.8) is 0 Å². The van der Waals surface area contributed by atoms with Crippen LogP contribution < -0.4 is 10.2 Å². The summed E-state index contributed by atoms with van der Waals surface area (Å²) in [6.45, 7) is 3.89. The fourth-order valence-corrected chi connectivity index (χ4v) is 3.19. The number of nitrogens with zero attached hydrogens (tertiary/aromatic N) is 2. The zero-order valence-corrected chi connectivity index (χ0v) is 13.8. The van der Waals surface area contributed by atoms with E-state index in [1.807, 2.05) is 20.2 Å². The molecule has 0 bridgehead atoms. The highest BCUT2D eigenvalue weighted by atomic mass is 19.1. The minimum Gasteiger partial charge on any atom is -0.378 e. The van der Waals surface area contributed by atoms with Crippen LogP contribution in [0.4, 0.5) is 10.1 Å². The van der Waals surface area contributed by atoms with E-state index in [9.17, 15) is 4.39 Å². The van der Waals surface area contributed by atoms with Crippen molar-refractivity contribution in [3.05, 3.63) is 65.5 Å². The van der Waals surface area contributed by atoms with E-state index in [1.165, 1.54) is 17.3 Å². The number of piperazine rings is 1. The third-order valence-corrected chi connectivity index (χ3v) is 4.41. The molecular formula is C19H24FN3. The molecule has 2 aromatic rings. The third-order valence-electron chi connectivity index (χ3n) is 4.41. The molecule has 0 amide bonds. The van der Waals surface area contributed by atoms with E-state index in [0.29, 0.717) is 0 Å². The quantitative estimate of drug-likeness (QED) is 0.936. The average Bonchev–Trinajstić information content (AvgIpc) is 2.57. The highest BCUT2D eigenvalue weighted by molar-refractivity contribution is 5.47. The van der Waals surface area contributed by atoms with Crippen molar-refractivity contribution in [1.29, 1.82) is 0 Å². The minimum absolute atomic E-state index is 0.101. The molecule has 0 saturated carbocycles. The van der Waals surface area contributed by atoms with Gasteiger partial charge in [0, 0.05) is 46.0 Å². The Hall–Kier alpha value is -1.91. The Morgan fingerprint density at radius 1 is 1.00 bits per heavy atom. The molecule has 122 valence electrons. The predicted octanol–water partition coefficient (Wildman–Crippen LogP) is 2.89. The van der Waals surface area contributed by atoms with E-state index in [1.54, 1.807) is 12.1 Å². The Kier molecular flexibility index (Phi) is 4.94. The minimum atomic E-state index is -0.174. The van der Waals surface area contributed by atoms with Gasteiger partial charge in [0.05, 0.1) is 6.04 Å². The molecule has 1 N–H and O–H groups in total. The second kappa shape index (κ2) is 7.11. The predicted molar refractivity (Wildman–Crippen MR) is 93.5 cm³/mol. The Labute approximate surface area is 137 Å². The Morgan fingerprint density at radius 2 is 1.70 bits per heavy atom. The molecule has 0 radical (unpaired) electrons. The molecule has 0 spiro atoms. The van der Waals surface area contributed by atoms with E-state index < -0.39 is 0 Å². The van der Waals surface area contributed by atoms with E-state index in [-0.39, 0.29) is 11.9 Å². The van der Waals surface area contributed by atoms with Crippen molar-refractivity contribution in [2.45, 2.75) is 6.04 Å². The highest BCUT2D eigenvalue weighted by Gasteiger charge is 2.24. The van der Waals surface area contributed by atoms with Gasteiger partial charge in [0.1, 0.15) is 5.82 Å². The summed E-state index contributed by atoms with van der Waals surface area (Å²) in [6, 6.07) is 15.7. The molecule has 0 aliphatic carbocycles. The van der Waals surface area contributed by atoms with Gasteiger partial charge in [-0.15, -0.1) is 0 Å². The first kappa shape index (κ1) is 16.0. The van der Waals surface area contributed by atoms with E-state index in [2.05, 4.69) is 39.4 Å². The van der Waals surface area contributed by atoms with Crippen LogP contribution in [0.2, 0.25) is 0 Å². The maximum Gasteiger partial charge on any atom is 0.123 e. The molecule has 4 heteroatoms. The second-order valence-corrected chi connectivity index (χ2v) is 6.23. The maximum absolute atomic E-state index is 13.7. The van der Waals surface area contributed by atoms with Crippen LogP contribution in [0.15, 0.2) is 48.5 Å². The molecular weight excluding hydrogens is 289 g/mol. The van der Waals surface area contributed by atoms with Crippen LogP contribution in [0, 0.1) is 5.82 Å². The van der Waals surface area contributed by atoms with Crippen molar-refractivity contribution < 1.29 is 4.39 Å². The molecule has 1 saturated heterocycles. The summed E-state index contributed by atoms with van der Waals surface area (Å²) >= 11 is 0. The number of hydrogen-bond donors (Lipinski definition) is 1. The largest absolute Gasteiger partial charge is 0.378 e. The summed E-state index contributed by atoms with van der Waals surface area (Å²) < 4.78 is 13.7. The SMILES string of the molecule is CN(C)c1ccc(C(c2cccc(F)c2)N2CCNCC2)cc1. The van der Waals surface area contributed by atoms with Crippen LogP contribution in [0.5, 0.6) is 0 Å². The topological polar surface area (TPSA) is 18.5 Å². The van der Waals surface area contributed by atoms with Crippen molar-refractivity contribution in [1.82, 2.24) is 10.2 Å². The van der Waals surface area contributed by atoms with Crippen LogP contribution in [-0.4, -0.2) is 45.2 Å². The highest BCUT2D eigenvalue weighted by Crippen LogP contribution is 2.30. The fourth-order valence-electron chi connectivity index (χ4n) is 3.19. The van der Waals surface area contributed by atoms with Crippen LogP contribution >= 0.6 is 0 Å². The summed E-state index contributed by atoms with van der Waals surface area (Å²) in [5.74, 6) is -0.174. The summed E-state index contributed by atoms with van der Waals surface area (Å²) in [5, 5.41) is 3.39. The van der Waals surface area contributed by atoms with Gasteiger partial charge in [0.15, 0.2) is 0 Å². The molecule has 0 aromatic heterocycles. The Morgan fingerprint density at radius 3 is 2.30 bits per heavy atom. The van der Waals surface area contributed by atoms with Gasteiger partial charge in [-0.2, -0.15) is 0 Å². The number of hydrogen-bond acceptors (Lipinski definition) is 3. The molecule has 1 atom stereocenters. The first-order valence-electron chi connectivity index (χ1n) is 8.12. The molecule has 3 nitrogen and oxygen atoms in total. The zero-order chi connectivity index (χ0) is 16.2. The summed E-state index contributed by atoms with van der Waals surface area (Å²) in [7, 11) is 4.07. The normalized spacial score (nSPS) is 17.0. The molecule has 2 aromatic carbocycles. The first-order chi connectivity index (χ1) is 11.1. The lowest BCUT2D eigenvalue weighted by atomic mass is 9.96. The zero-order valence-electron chi connectivity index (χ0n) is 13.8. The Bertz CT molecular complexity index is 633. The molecule has 1 aliphatic heterocycles. The van der Waals surface area contributed by atoms with Crippen molar-refractivity contribution in [3.8, 4) is 0 Å². The van der Waals surface area contributed by atoms with Crippen molar-refractivity contribution in [2.24, 2.45) is 0 Å². The lowest BCUT2D eigenvalue weighted by Crippen LogP contribution is -2.45. The smallest absolute Gasteiger partial charge is 0.123 e. The average molecular weight is 313 g/mol. The van der Waals surface area contributed by atoms with Gasteiger partial charge in [0.25, 0.3) is 0 Å². The van der Waals surface area contributed by atoms with Gasteiger partial charge < -0.3 is 10.2 Å². The molecule has 3 rings (SSSR count). The van der Waals surface area contributed by atoms with Crippen molar-refractivity contribution >= 4 is 5.69 Å². The van der Waals surface area contributed by atoms with E-state index in [4.69, 9.17) is 0 Å². The summed E-state index contributed by atoms with van der Waals surface area (Å²) in [5.41, 5.74) is 3.40. The van der Waals surface area contributed by atoms with Gasteiger partial charge in [-0.05, 0) is 35.4 Å². The first-order valence-corrected chi connectivity index (χ1v) is 8.12. The maximum atomic E-state index is 13.7. The molecule has 1 unspecified atom stereocenters. The molecule has 23 heavy (non-hydrogen) atoms. The van der Waals surface area contributed by atoms with Gasteiger partial charge >= 0.3 is 0 Å². The molecule has 1 aliphatic rings. The van der Waals surface area contributed by atoms with E-state index in [0.717, 1.165) is 31.7 Å². The monoisotopic (exact) mass is 313 g/mol. The van der Waals surface area contributed by atoms with Gasteiger partial charge in [-0.25, -0.2) is 4.39 Å². The van der Waals surface area contributed by atoms with Crippen LogP contribution in [0.25, 0.3) is 0 Å². The van der Waals surface area contributed by atoms with Crippen molar-refractivity contribution in [2.75, 3.05) is 45.2 Å². The van der Waals surface area contributed by atoms with E-state index >= 15 is 0 Å². The standard InChI is InChI=1S/C19H24FN3/c1-22(2)18-8-6-15(7-9-18)19(23-12-10-21-11-13-23)16-4-3-5-17(20)14-16/h3-9,14,19,21H,10-13H2,1-2H3. The lowest BCUT2D eigenvalue weighted by molar-refractivity contribution is 0.198. The van der Waals surface area contributed by atoms with Crippen LogP contribution in [0.1, 0.15) is 17.2 Å². The van der Waals surface area contributed by atoms with Crippen LogP contribution in [0.3, 0.4) is 0 Å². The third kappa shape index (κ3) is 3.71. The van der Waals surface area contributed by atoms with Crippen LogP contribution in [-0.2, 0) is 0 Å². The molecule has 1 fully saturated rings. The number of benzene rings is 2. The summed E-state index contributed by atoms with van der Waals surface area (Å²) in [6.07, 6.45) is 0. The number of anilines is 1. The second-order valence-electron chi connectivity index (χ2n) is 6.23. The number of nitrogens with one attached hydrogen (secondary N) is 1. The fraction of sp³-hybridized carbons (Fsp3) is 0.368. The number of halogens is 1.